The summed E-state index contributed by atoms with van der Waals surface area (Å²) in [5, 5.41) is 6.19. The number of hydrogen-bond donors (Lipinski definition) is 3. The number of fused-ring (bicyclic) bond motifs is 1. The first kappa shape index (κ1) is 24.7. The van der Waals surface area contributed by atoms with E-state index in [1.807, 2.05) is 6.92 Å². The summed E-state index contributed by atoms with van der Waals surface area (Å²) in [6.45, 7) is 1.87. The maximum atomic E-state index is 14.0. The average molecular weight is 507 g/mol. The number of rotatable bonds is 6. The summed E-state index contributed by atoms with van der Waals surface area (Å²) in [6.07, 6.45) is -5.20. The van der Waals surface area contributed by atoms with Gasteiger partial charge in [-0.1, -0.05) is 31.2 Å². The van der Waals surface area contributed by atoms with Crippen LogP contribution in [0.3, 0.4) is 0 Å². The van der Waals surface area contributed by atoms with Crippen molar-refractivity contribution in [2.75, 3.05) is 15.7 Å². The number of nitrogens with one attached hydrogen (secondary N) is 2. The first-order valence-electron chi connectivity index (χ1n) is 10.5. The molecule has 0 bridgehead atoms. The molecular formula is C23H18F5N5O3. The van der Waals surface area contributed by atoms with Gasteiger partial charge < -0.3 is 21.2 Å². The van der Waals surface area contributed by atoms with Crippen molar-refractivity contribution in [3.8, 4) is 0 Å². The van der Waals surface area contributed by atoms with Gasteiger partial charge in [0.2, 0.25) is 0 Å². The summed E-state index contributed by atoms with van der Waals surface area (Å²) >= 11 is 0. The lowest BCUT2D eigenvalue weighted by Gasteiger charge is -2.27. The van der Waals surface area contributed by atoms with E-state index in [0.717, 1.165) is 30.0 Å². The standard InChI is InChI=1S/C23H18F5N5O3/c1-2-11-5-3-4-6-16(11)31-17-13(19(29)34)10-30-20-18(17)33(36-22(35)23(26,27)28)21(32-20)12-7-8-14(24)15(25)9-12/h3-10,21H,2H2,1H3,(H2,29,34)(H2,30,31,32). The molecule has 0 radical (unpaired) electrons. The number of pyridine rings is 1. The van der Waals surface area contributed by atoms with Crippen LogP contribution in [0, 0.1) is 11.6 Å². The molecule has 13 heteroatoms. The second-order valence-electron chi connectivity index (χ2n) is 7.67. The van der Waals surface area contributed by atoms with Gasteiger partial charge in [-0.25, -0.2) is 18.6 Å². The van der Waals surface area contributed by atoms with E-state index in [0.29, 0.717) is 17.2 Å². The number of alkyl halides is 3. The molecule has 1 aromatic heterocycles. The third-order valence-corrected chi connectivity index (χ3v) is 5.38. The molecule has 1 atom stereocenters. The third kappa shape index (κ3) is 4.59. The molecule has 4 N–H and O–H groups in total. The van der Waals surface area contributed by atoms with E-state index in [9.17, 15) is 31.5 Å². The monoisotopic (exact) mass is 507 g/mol. The molecule has 1 aliphatic heterocycles. The molecule has 3 aromatic rings. The number of anilines is 4. The van der Waals surface area contributed by atoms with Crippen LogP contribution in [-0.4, -0.2) is 23.0 Å². The number of primary amides is 1. The number of hydrogen-bond acceptors (Lipinski definition) is 7. The van der Waals surface area contributed by atoms with Crippen molar-refractivity contribution in [3.63, 3.8) is 0 Å². The van der Waals surface area contributed by atoms with Gasteiger partial charge in [-0.3, -0.25) is 4.79 Å². The van der Waals surface area contributed by atoms with Crippen molar-refractivity contribution >= 4 is 34.8 Å². The van der Waals surface area contributed by atoms with Crippen LogP contribution in [0.2, 0.25) is 0 Å². The second kappa shape index (κ2) is 9.32. The molecular weight excluding hydrogens is 489 g/mol. The lowest BCUT2D eigenvalue weighted by atomic mass is 10.1. The second-order valence-corrected chi connectivity index (χ2v) is 7.67. The van der Waals surface area contributed by atoms with Gasteiger partial charge in [-0.2, -0.15) is 18.2 Å². The highest BCUT2D eigenvalue weighted by atomic mass is 19.4. The highest BCUT2D eigenvalue weighted by molar-refractivity contribution is 6.05. The number of nitrogens with two attached hydrogens (primary N) is 1. The van der Waals surface area contributed by atoms with Crippen LogP contribution in [0.25, 0.3) is 0 Å². The first-order chi connectivity index (χ1) is 17.0. The molecule has 0 spiro atoms. The molecule has 0 saturated carbocycles. The van der Waals surface area contributed by atoms with Gasteiger partial charge in [0.15, 0.2) is 23.6 Å². The fourth-order valence-electron chi connectivity index (χ4n) is 3.68. The van der Waals surface area contributed by atoms with Crippen LogP contribution in [0.5, 0.6) is 0 Å². The molecule has 1 amide bonds. The largest absolute Gasteiger partial charge is 0.493 e. The Morgan fingerprint density at radius 3 is 2.53 bits per heavy atom. The summed E-state index contributed by atoms with van der Waals surface area (Å²) < 4.78 is 66.9. The number of carbonyl (C=O) groups excluding carboxylic acids is 2. The van der Waals surface area contributed by atoms with Crippen molar-refractivity contribution in [3.05, 3.63) is 77.0 Å². The van der Waals surface area contributed by atoms with Gasteiger partial charge in [0.05, 0.1) is 11.3 Å². The van der Waals surface area contributed by atoms with Crippen LogP contribution in [0.15, 0.2) is 48.7 Å². The molecule has 0 saturated heterocycles. The maximum absolute atomic E-state index is 14.0. The molecule has 0 fully saturated rings. The lowest BCUT2D eigenvalue weighted by molar-refractivity contribution is -0.201. The summed E-state index contributed by atoms with van der Waals surface area (Å²) in [6, 6.07) is 9.49. The van der Waals surface area contributed by atoms with E-state index in [-0.39, 0.29) is 28.3 Å². The molecule has 4 rings (SSSR count). The summed E-state index contributed by atoms with van der Waals surface area (Å²) in [5.41, 5.74) is 6.08. The van der Waals surface area contributed by atoms with E-state index in [2.05, 4.69) is 20.5 Å². The highest BCUT2D eigenvalue weighted by Crippen LogP contribution is 2.47. The van der Waals surface area contributed by atoms with Crippen molar-refractivity contribution < 1.29 is 36.4 Å². The molecule has 1 aliphatic rings. The van der Waals surface area contributed by atoms with Gasteiger partial charge in [0.1, 0.15) is 5.69 Å². The van der Waals surface area contributed by atoms with Gasteiger partial charge >= 0.3 is 12.1 Å². The number of carbonyl (C=O) groups is 2. The Balaban J connectivity index is 1.90. The van der Waals surface area contributed by atoms with E-state index in [4.69, 9.17) is 5.73 Å². The molecule has 8 nitrogen and oxygen atoms in total. The van der Waals surface area contributed by atoms with Crippen LogP contribution in [0.1, 0.15) is 34.6 Å². The number of benzene rings is 2. The Morgan fingerprint density at radius 1 is 1.17 bits per heavy atom. The maximum Gasteiger partial charge on any atom is 0.493 e. The molecule has 0 aliphatic carbocycles. The highest BCUT2D eigenvalue weighted by Gasteiger charge is 2.46. The fourth-order valence-corrected chi connectivity index (χ4v) is 3.68. The number of halogens is 5. The lowest BCUT2D eigenvalue weighted by Crippen LogP contribution is -2.37. The SMILES string of the molecule is CCc1ccccc1Nc1c(C(N)=O)cnc2c1N(OC(=O)C(F)(F)F)C(c1ccc(F)c(F)c1)N2. The number of amides is 1. The van der Waals surface area contributed by atoms with Crippen molar-refractivity contribution in [2.45, 2.75) is 25.7 Å². The van der Waals surface area contributed by atoms with Crippen molar-refractivity contribution in [1.82, 2.24) is 4.98 Å². The molecule has 36 heavy (non-hydrogen) atoms. The summed E-state index contributed by atoms with van der Waals surface area (Å²) in [7, 11) is 0. The normalized spacial score (nSPS) is 14.7. The van der Waals surface area contributed by atoms with Gasteiger partial charge in [0, 0.05) is 17.4 Å². The minimum Gasteiger partial charge on any atom is -0.365 e. The van der Waals surface area contributed by atoms with Crippen LogP contribution in [0.4, 0.5) is 44.8 Å². The van der Waals surface area contributed by atoms with E-state index in [1.54, 1.807) is 24.3 Å². The number of para-hydroxylation sites is 1. The van der Waals surface area contributed by atoms with Gasteiger partial charge in [0.25, 0.3) is 5.91 Å². The van der Waals surface area contributed by atoms with Gasteiger partial charge in [-0.15, -0.1) is 0 Å². The molecule has 188 valence electrons. The van der Waals surface area contributed by atoms with Crippen LogP contribution in [-0.2, 0) is 16.1 Å². The van der Waals surface area contributed by atoms with E-state index >= 15 is 0 Å². The Labute approximate surface area is 200 Å². The van der Waals surface area contributed by atoms with E-state index in [1.165, 1.54) is 0 Å². The zero-order chi connectivity index (χ0) is 26.2. The number of aromatic nitrogens is 1. The molecule has 2 heterocycles. The Bertz CT molecular complexity index is 1350. The first-order valence-corrected chi connectivity index (χ1v) is 10.5. The average Bonchev–Trinajstić information content (AvgIpc) is 3.19. The molecule has 2 aromatic carbocycles. The predicted molar refractivity (Wildman–Crippen MR) is 119 cm³/mol. The third-order valence-electron chi connectivity index (χ3n) is 5.38. The Hall–Kier alpha value is -4.42. The zero-order valence-electron chi connectivity index (χ0n) is 18.5. The minimum atomic E-state index is -5.39. The summed E-state index contributed by atoms with van der Waals surface area (Å²) in [5.74, 6) is -6.15. The Morgan fingerprint density at radius 2 is 1.89 bits per heavy atom. The zero-order valence-corrected chi connectivity index (χ0v) is 18.5. The minimum absolute atomic E-state index is 0.0950. The number of aryl methyl sites for hydroxylation is 1. The Kier molecular flexibility index (Phi) is 6.39. The number of hydroxylamine groups is 1. The van der Waals surface area contributed by atoms with Crippen molar-refractivity contribution in [2.24, 2.45) is 5.73 Å². The quantitative estimate of drug-likeness (QED) is 0.415. The fraction of sp³-hybridized carbons (Fsp3) is 0.174. The van der Waals surface area contributed by atoms with Crippen molar-refractivity contribution in [1.29, 1.82) is 0 Å². The van der Waals surface area contributed by atoms with Gasteiger partial charge in [-0.05, 0) is 30.2 Å². The topological polar surface area (TPSA) is 110 Å². The van der Waals surface area contributed by atoms with Crippen LogP contribution >= 0.6 is 0 Å². The van der Waals surface area contributed by atoms with Crippen LogP contribution < -0.4 is 21.4 Å². The molecule has 1 unspecified atom stereocenters. The summed E-state index contributed by atoms with van der Waals surface area (Å²) in [4.78, 5) is 32.7. The predicted octanol–water partition coefficient (Wildman–Crippen LogP) is 4.72. The number of nitrogens with zero attached hydrogens (tertiary/aromatic N) is 2. The smallest absolute Gasteiger partial charge is 0.365 e. The van der Waals surface area contributed by atoms with E-state index < -0.39 is 35.9 Å².